The highest BCUT2D eigenvalue weighted by molar-refractivity contribution is 5.68. The molecule has 2 aromatic rings. The highest BCUT2D eigenvalue weighted by Gasteiger charge is 2.12. The maximum absolute atomic E-state index is 9.62. The number of aromatic hydroxyl groups is 1. The molecule has 0 fully saturated rings. The monoisotopic (exact) mass is 286 g/mol. The molecule has 0 aliphatic carbocycles. The first-order valence-electron chi connectivity index (χ1n) is 7.30. The molecular weight excluding hydrogens is 264 g/mol. The molecule has 0 radical (unpaired) electrons. The second kappa shape index (κ2) is 6.43. The van der Waals surface area contributed by atoms with Crippen molar-refractivity contribution in [2.24, 2.45) is 0 Å². The third-order valence-electron chi connectivity index (χ3n) is 3.56. The van der Waals surface area contributed by atoms with E-state index in [1.54, 1.807) is 12.1 Å². The van der Waals surface area contributed by atoms with E-state index in [9.17, 15) is 5.11 Å². The Labute approximate surface area is 125 Å². The van der Waals surface area contributed by atoms with E-state index >= 15 is 0 Å². The van der Waals surface area contributed by atoms with Crippen molar-refractivity contribution in [1.29, 1.82) is 0 Å². The number of hydrogen-bond acceptors (Lipinski definition) is 5. The molecule has 2 rings (SSSR count). The molecular formula is C16H22N4O. The van der Waals surface area contributed by atoms with E-state index in [-0.39, 0.29) is 11.7 Å². The number of rotatable bonds is 5. The lowest BCUT2D eigenvalue weighted by atomic mass is 10.0. The van der Waals surface area contributed by atoms with Gasteiger partial charge in [0.05, 0.1) is 5.69 Å². The molecule has 1 aromatic heterocycles. The average Bonchev–Trinajstić information content (AvgIpc) is 2.47. The second-order valence-corrected chi connectivity index (χ2v) is 4.84. The van der Waals surface area contributed by atoms with Crippen molar-refractivity contribution in [3.05, 3.63) is 29.8 Å². The number of aryl methyl sites for hydroxylation is 1. The van der Waals surface area contributed by atoms with Crippen LogP contribution in [0.3, 0.4) is 0 Å². The molecule has 112 valence electrons. The molecule has 0 bridgehead atoms. The van der Waals surface area contributed by atoms with Crippen LogP contribution in [-0.2, 0) is 6.42 Å². The zero-order chi connectivity index (χ0) is 15.4. The maximum atomic E-state index is 9.62. The molecule has 0 aliphatic rings. The van der Waals surface area contributed by atoms with E-state index in [0.29, 0.717) is 0 Å². The van der Waals surface area contributed by atoms with Gasteiger partial charge in [0.15, 0.2) is 0 Å². The first-order valence-corrected chi connectivity index (χ1v) is 7.30. The summed E-state index contributed by atoms with van der Waals surface area (Å²) in [6, 6.07) is 7.27. The number of phenols is 1. The molecule has 0 saturated carbocycles. The van der Waals surface area contributed by atoms with Crippen LogP contribution in [0.1, 0.15) is 26.3 Å². The summed E-state index contributed by atoms with van der Waals surface area (Å²) < 4.78 is 0. The number of anilines is 2. The van der Waals surface area contributed by atoms with Crippen LogP contribution in [0.2, 0.25) is 0 Å². The van der Waals surface area contributed by atoms with Crippen molar-refractivity contribution in [2.75, 3.05) is 23.7 Å². The number of nitrogens with zero attached hydrogens (tertiary/aromatic N) is 3. The summed E-state index contributed by atoms with van der Waals surface area (Å²) in [5, 5.41) is 9.62. The van der Waals surface area contributed by atoms with Crippen LogP contribution < -0.4 is 10.6 Å². The molecule has 0 unspecified atom stereocenters. The van der Waals surface area contributed by atoms with Crippen molar-refractivity contribution in [3.8, 4) is 17.0 Å². The van der Waals surface area contributed by atoms with Gasteiger partial charge in [-0.1, -0.05) is 6.92 Å². The van der Waals surface area contributed by atoms with Gasteiger partial charge in [-0.3, -0.25) is 0 Å². The Hall–Kier alpha value is -2.30. The van der Waals surface area contributed by atoms with Gasteiger partial charge in [-0.2, -0.15) is 4.98 Å². The summed E-state index contributed by atoms with van der Waals surface area (Å²) in [6.07, 6.45) is 0.814. The van der Waals surface area contributed by atoms with E-state index in [4.69, 9.17) is 5.73 Å². The summed E-state index contributed by atoms with van der Waals surface area (Å²) in [5.74, 6) is 1.36. The van der Waals surface area contributed by atoms with Crippen molar-refractivity contribution in [1.82, 2.24) is 9.97 Å². The fraction of sp³-hybridized carbons (Fsp3) is 0.375. The van der Waals surface area contributed by atoms with Crippen molar-refractivity contribution < 1.29 is 5.11 Å². The molecule has 1 aromatic carbocycles. The minimum Gasteiger partial charge on any atom is -0.508 e. The third kappa shape index (κ3) is 3.24. The first-order chi connectivity index (χ1) is 10.1. The van der Waals surface area contributed by atoms with E-state index in [1.807, 2.05) is 19.1 Å². The van der Waals surface area contributed by atoms with E-state index in [0.717, 1.165) is 42.1 Å². The molecule has 5 heteroatoms. The standard InChI is InChI=1S/C16H22N4O/c1-4-11-9-12(21)7-8-13(11)14-10-15(19-16(17)18-14)20(5-2)6-3/h7-10,21H,4-6H2,1-3H3,(H2,17,18,19). The van der Waals surface area contributed by atoms with Gasteiger partial charge in [0.2, 0.25) is 5.95 Å². The van der Waals surface area contributed by atoms with Gasteiger partial charge in [-0.15, -0.1) is 0 Å². The van der Waals surface area contributed by atoms with Crippen LogP contribution in [0.15, 0.2) is 24.3 Å². The normalized spacial score (nSPS) is 10.6. The van der Waals surface area contributed by atoms with E-state index < -0.39 is 0 Å². The fourth-order valence-electron chi connectivity index (χ4n) is 2.42. The Kier molecular flexibility index (Phi) is 4.62. The minimum atomic E-state index is 0.265. The summed E-state index contributed by atoms with van der Waals surface area (Å²) in [4.78, 5) is 10.8. The lowest BCUT2D eigenvalue weighted by Crippen LogP contribution is -2.23. The van der Waals surface area contributed by atoms with Gasteiger partial charge in [-0.05, 0) is 44.0 Å². The summed E-state index contributed by atoms with van der Waals surface area (Å²) in [5.41, 5.74) is 8.68. The Balaban J connectivity index is 2.54. The molecule has 21 heavy (non-hydrogen) atoms. The molecule has 5 nitrogen and oxygen atoms in total. The van der Waals surface area contributed by atoms with Gasteiger partial charge in [0.25, 0.3) is 0 Å². The van der Waals surface area contributed by atoms with Gasteiger partial charge in [-0.25, -0.2) is 4.98 Å². The predicted molar refractivity (Wildman–Crippen MR) is 86.5 cm³/mol. The van der Waals surface area contributed by atoms with Crippen molar-refractivity contribution in [2.45, 2.75) is 27.2 Å². The Morgan fingerprint density at radius 3 is 2.43 bits per heavy atom. The number of phenolic OH excluding ortho intramolecular Hbond substituents is 1. The van der Waals surface area contributed by atoms with Crippen molar-refractivity contribution >= 4 is 11.8 Å². The zero-order valence-corrected chi connectivity index (χ0v) is 12.8. The molecule has 0 aliphatic heterocycles. The third-order valence-corrected chi connectivity index (χ3v) is 3.56. The summed E-state index contributed by atoms with van der Waals surface area (Å²) >= 11 is 0. The highest BCUT2D eigenvalue weighted by atomic mass is 16.3. The first kappa shape index (κ1) is 15.1. The SMILES string of the molecule is CCc1cc(O)ccc1-c1cc(N(CC)CC)nc(N)n1. The molecule has 1 heterocycles. The van der Waals surface area contributed by atoms with Crippen LogP contribution >= 0.6 is 0 Å². The molecule has 3 N–H and O–H groups in total. The quantitative estimate of drug-likeness (QED) is 0.884. The summed E-state index contributed by atoms with van der Waals surface area (Å²) in [7, 11) is 0. The topological polar surface area (TPSA) is 75.3 Å². The minimum absolute atomic E-state index is 0.265. The zero-order valence-electron chi connectivity index (χ0n) is 12.8. The predicted octanol–water partition coefficient (Wildman–Crippen LogP) is 2.84. The van der Waals surface area contributed by atoms with Crippen molar-refractivity contribution in [3.63, 3.8) is 0 Å². The molecule has 0 atom stereocenters. The van der Waals surface area contributed by atoms with Crippen LogP contribution in [-0.4, -0.2) is 28.2 Å². The molecule has 0 spiro atoms. The highest BCUT2D eigenvalue weighted by Crippen LogP contribution is 2.28. The number of hydrogen-bond donors (Lipinski definition) is 2. The number of benzene rings is 1. The number of nitrogens with two attached hydrogens (primary N) is 1. The van der Waals surface area contributed by atoms with Crippen LogP contribution in [0.25, 0.3) is 11.3 Å². The van der Waals surface area contributed by atoms with Gasteiger partial charge < -0.3 is 15.7 Å². The molecule has 0 amide bonds. The Morgan fingerprint density at radius 1 is 1.10 bits per heavy atom. The Bertz CT molecular complexity index is 624. The lowest BCUT2D eigenvalue weighted by Gasteiger charge is -2.20. The molecule has 0 saturated heterocycles. The second-order valence-electron chi connectivity index (χ2n) is 4.84. The smallest absolute Gasteiger partial charge is 0.222 e. The van der Waals surface area contributed by atoms with Gasteiger partial charge >= 0.3 is 0 Å². The Morgan fingerprint density at radius 2 is 1.81 bits per heavy atom. The fourth-order valence-corrected chi connectivity index (χ4v) is 2.42. The van der Waals surface area contributed by atoms with Crippen LogP contribution in [0.5, 0.6) is 5.75 Å². The van der Waals surface area contributed by atoms with E-state index in [2.05, 4.69) is 28.7 Å². The summed E-state index contributed by atoms with van der Waals surface area (Å²) in [6.45, 7) is 7.94. The van der Waals surface area contributed by atoms with Crippen LogP contribution in [0, 0.1) is 0 Å². The average molecular weight is 286 g/mol. The maximum Gasteiger partial charge on any atom is 0.222 e. The van der Waals surface area contributed by atoms with Gasteiger partial charge in [0.1, 0.15) is 11.6 Å². The number of nitrogen functional groups attached to an aromatic ring is 1. The van der Waals surface area contributed by atoms with Gasteiger partial charge in [0, 0.05) is 24.7 Å². The van der Waals surface area contributed by atoms with Crippen LogP contribution in [0.4, 0.5) is 11.8 Å². The number of aromatic nitrogens is 2. The lowest BCUT2D eigenvalue weighted by molar-refractivity contribution is 0.474. The van der Waals surface area contributed by atoms with E-state index in [1.165, 1.54) is 0 Å². The largest absolute Gasteiger partial charge is 0.508 e.